The highest BCUT2D eigenvalue weighted by molar-refractivity contribution is 5.31. The molecule has 1 unspecified atom stereocenters. The summed E-state index contributed by atoms with van der Waals surface area (Å²) in [7, 11) is 0. The van der Waals surface area contributed by atoms with Gasteiger partial charge in [0.25, 0.3) is 0 Å². The lowest BCUT2D eigenvalue weighted by atomic mass is 9.89. The largest absolute Gasteiger partial charge is 0.391 e. The molecule has 0 amide bonds. The number of halogens is 3. The van der Waals surface area contributed by atoms with Crippen LogP contribution in [0.4, 0.5) is 13.2 Å². The summed E-state index contributed by atoms with van der Waals surface area (Å²) in [5.41, 5.74) is 5.64. The first-order valence-electron chi connectivity index (χ1n) is 6.90. The third-order valence-corrected chi connectivity index (χ3v) is 4.01. The molecule has 1 aromatic rings. The Bertz CT molecular complexity index is 501. The lowest BCUT2D eigenvalue weighted by Crippen LogP contribution is -2.50. The van der Waals surface area contributed by atoms with Crippen molar-refractivity contribution >= 4 is 0 Å². The van der Waals surface area contributed by atoms with E-state index in [9.17, 15) is 18.4 Å². The fourth-order valence-electron chi connectivity index (χ4n) is 2.70. The topological polar surface area (TPSA) is 53.1 Å². The molecular weight excluding hydrogens is 279 g/mol. The van der Waals surface area contributed by atoms with E-state index in [2.05, 4.69) is 6.07 Å². The van der Waals surface area contributed by atoms with E-state index in [1.165, 1.54) is 0 Å². The number of likely N-dealkylation sites (tertiary alicyclic amines) is 1. The number of benzene rings is 1. The maximum atomic E-state index is 12.6. The molecule has 2 rings (SSSR count). The third kappa shape index (κ3) is 3.74. The second-order valence-corrected chi connectivity index (χ2v) is 5.54. The van der Waals surface area contributed by atoms with Crippen LogP contribution in [0.15, 0.2) is 30.3 Å². The first-order valence-corrected chi connectivity index (χ1v) is 6.90. The van der Waals surface area contributed by atoms with Crippen LogP contribution in [0, 0.1) is 17.2 Å². The second kappa shape index (κ2) is 6.04. The summed E-state index contributed by atoms with van der Waals surface area (Å²) in [5, 5.41) is 9.37. The minimum Gasteiger partial charge on any atom is -0.309 e. The number of nitrogens with two attached hydrogens (primary N) is 1. The molecule has 0 radical (unpaired) electrons. The number of nitrogens with zero attached hydrogens (tertiary/aromatic N) is 2. The molecule has 1 saturated heterocycles. The van der Waals surface area contributed by atoms with Crippen molar-refractivity contribution in [3.63, 3.8) is 0 Å². The second-order valence-electron chi connectivity index (χ2n) is 5.54. The van der Waals surface area contributed by atoms with Crippen LogP contribution in [0.25, 0.3) is 0 Å². The lowest BCUT2D eigenvalue weighted by molar-refractivity contribution is -0.185. The Balaban J connectivity index is 2.01. The summed E-state index contributed by atoms with van der Waals surface area (Å²) < 4.78 is 37.9. The number of hydrogen-bond acceptors (Lipinski definition) is 3. The van der Waals surface area contributed by atoms with Crippen molar-refractivity contribution in [1.82, 2.24) is 4.90 Å². The van der Waals surface area contributed by atoms with E-state index in [1.807, 2.05) is 11.0 Å². The standard InChI is InChI=1S/C15H18F3N3/c16-15(17,18)13-6-8-21(9-7-13)11-14(20,10-19)12-4-2-1-3-5-12/h1-5,13H,6-9,11,20H2. The number of hydrogen-bond donors (Lipinski definition) is 1. The third-order valence-electron chi connectivity index (χ3n) is 4.01. The first-order chi connectivity index (χ1) is 9.85. The van der Waals surface area contributed by atoms with Crippen LogP contribution in [0.2, 0.25) is 0 Å². The predicted molar refractivity (Wildman–Crippen MR) is 73.1 cm³/mol. The summed E-state index contributed by atoms with van der Waals surface area (Å²) >= 11 is 0. The highest BCUT2D eigenvalue weighted by atomic mass is 19.4. The smallest absolute Gasteiger partial charge is 0.309 e. The molecule has 1 fully saturated rings. The quantitative estimate of drug-likeness (QED) is 0.933. The molecule has 6 heteroatoms. The van der Waals surface area contributed by atoms with Gasteiger partial charge in [0.2, 0.25) is 0 Å². The molecule has 0 saturated carbocycles. The number of piperidine rings is 1. The van der Waals surface area contributed by atoms with E-state index in [4.69, 9.17) is 5.73 Å². The van der Waals surface area contributed by atoms with Crippen molar-refractivity contribution in [2.45, 2.75) is 24.6 Å². The van der Waals surface area contributed by atoms with Gasteiger partial charge in [-0.25, -0.2) is 0 Å². The molecule has 0 bridgehead atoms. The molecule has 1 heterocycles. The van der Waals surface area contributed by atoms with Crippen LogP contribution in [0.3, 0.4) is 0 Å². The van der Waals surface area contributed by atoms with Gasteiger partial charge in [-0.3, -0.25) is 0 Å². The minimum atomic E-state index is -4.12. The highest BCUT2D eigenvalue weighted by Crippen LogP contribution is 2.34. The van der Waals surface area contributed by atoms with Gasteiger partial charge in [0.05, 0.1) is 12.0 Å². The molecule has 21 heavy (non-hydrogen) atoms. The Labute approximate surface area is 122 Å². The van der Waals surface area contributed by atoms with E-state index >= 15 is 0 Å². The average molecular weight is 297 g/mol. The Hall–Kier alpha value is -1.58. The molecular formula is C15H18F3N3. The molecule has 1 atom stereocenters. The molecule has 1 aliphatic heterocycles. The van der Waals surface area contributed by atoms with E-state index in [-0.39, 0.29) is 19.4 Å². The molecule has 2 N–H and O–H groups in total. The summed E-state index contributed by atoms with van der Waals surface area (Å²) in [5.74, 6) is -1.24. The zero-order chi connectivity index (χ0) is 15.5. The van der Waals surface area contributed by atoms with Gasteiger partial charge in [-0.05, 0) is 31.5 Å². The van der Waals surface area contributed by atoms with Crippen molar-refractivity contribution in [2.24, 2.45) is 11.7 Å². The summed E-state index contributed by atoms with van der Waals surface area (Å²) in [6, 6.07) is 11.1. The summed E-state index contributed by atoms with van der Waals surface area (Å²) in [4.78, 5) is 1.85. The van der Waals surface area contributed by atoms with Gasteiger partial charge in [0.15, 0.2) is 0 Å². The Morgan fingerprint density at radius 3 is 2.24 bits per heavy atom. The van der Waals surface area contributed by atoms with Crippen molar-refractivity contribution in [3.8, 4) is 6.07 Å². The maximum Gasteiger partial charge on any atom is 0.391 e. The highest BCUT2D eigenvalue weighted by Gasteiger charge is 2.42. The summed E-state index contributed by atoms with van der Waals surface area (Å²) in [6.07, 6.45) is -3.99. The zero-order valence-electron chi connectivity index (χ0n) is 11.6. The fourth-order valence-corrected chi connectivity index (χ4v) is 2.70. The van der Waals surface area contributed by atoms with Gasteiger partial charge in [-0.2, -0.15) is 18.4 Å². The minimum absolute atomic E-state index is 0.0692. The van der Waals surface area contributed by atoms with Crippen LogP contribution in [-0.4, -0.2) is 30.7 Å². The van der Waals surface area contributed by atoms with Crippen molar-refractivity contribution in [3.05, 3.63) is 35.9 Å². The van der Waals surface area contributed by atoms with Crippen LogP contribution in [0.5, 0.6) is 0 Å². The SMILES string of the molecule is N#CC(N)(CN1CCC(C(F)(F)F)CC1)c1ccccc1. The fraction of sp³-hybridized carbons (Fsp3) is 0.533. The van der Waals surface area contributed by atoms with Crippen molar-refractivity contribution < 1.29 is 13.2 Å². The number of alkyl halides is 3. The number of rotatable bonds is 3. The van der Waals surface area contributed by atoms with Gasteiger partial charge < -0.3 is 10.6 Å². The first kappa shape index (κ1) is 15.8. The Morgan fingerprint density at radius 2 is 1.76 bits per heavy atom. The van der Waals surface area contributed by atoms with Crippen LogP contribution in [-0.2, 0) is 5.54 Å². The Morgan fingerprint density at radius 1 is 1.19 bits per heavy atom. The molecule has 3 nitrogen and oxygen atoms in total. The predicted octanol–water partition coefficient (Wildman–Crippen LogP) is 2.64. The summed E-state index contributed by atoms with van der Waals surface area (Å²) in [6.45, 7) is 0.882. The molecule has 1 aliphatic rings. The lowest BCUT2D eigenvalue weighted by Gasteiger charge is -2.36. The normalized spacial score (nSPS) is 20.7. The molecule has 0 aromatic heterocycles. The Kier molecular flexibility index (Phi) is 4.55. The van der Waals surface area contributed by atoms with Crippen LogP contribution < -0.4 is 5.73 Å². The molecule has 0 spiro atoms. The van der Waals surface area contributed by atoms with Crippen molar-refractivity contribution in [1.29, 1.82) is 5.26 Å². The van der Waals surface area contributed by atoms with Crippen LogP contribution in [0.1, 0.15) is 18.4 Å². The van der Waals surface area contributed by atoms with Crippen molar-refractivity contribution in [2.75, 3.05) is 19.6 Å². The van der Waals surface area contributed by atoms with Gasteiger partial charge in [-0.1, -0.05) is 30.3 Å². The number of nitriles is 1. The van der Waals surface area contributed by atoms with E-state index in [0.29, 0.717) is 18.7 Å². The van der Waals surface area contributed by atoms with E-state index in [1.54, 1.807) is 24.3 Å². The average Bonchev–Trinajstić information content (AvgIpc) is 2.47. The zero-order valence-corrected chi connectivity index (χ0v) is 11.6. The van der Waals surface area contributed by atoms with E-state index < -0.39 is 17.6 Å². The van der Waals surface area contributed by atoms with Crippen LogP contribution >= 0.6 is 0 Å². The maximum absolute atomic E-state index is 12.6. The molecule has 0 aliphatic carbocycles. The van der Waals surface area contributed by atoms with Gasteiger partial charge in [0.1, 0.15) is 5.54 Å². The monoisotopic (exact) mass is 297 g/mol. The van der Waals surface area contributed by atoms with Gasteiger partial charge in [0, 0.05) is 6.54 Å². The van der Waals surface area contributed by atoms with Gasteiger partial charge in [-0.15, -0.1) is 0 Å². The molecule has 1 aromatic carbocycles. The molecule has 114 valence electrons. The van der Waals surface area contributed by atoms with E-state index in [0.717, 1.165) is 0 Å². The van der Waals surface area contributed by atoms with Gasteiger partial charge >= 0.3 is 6.18 Å².